The van der Waals surface area contributed by atoms with Gasteiger partial charge in [-0.15, -0.1) is 0 Å². The van der Waals surface area contributed by atoms with E-state index in [-0.39, 0.29) is 35.7 Å². The normalized spacial score (nSPS) is 11.0. The average molecular weight is 281 g/mol. The van der Waals surface area contributed by atoms with E-state index in [9.17, 15) is 14.0 Å². The maximum Gasteiger partial charge on any atom is 0.251 e. The lowest BCUT2D eigenvalue weighted by molar-refractivity contribution is -0.122. The third-order valence-electron chi connectivity index (χ3n) is 2.41. The van der Waals surface area contributed by atoms with Crippen LogP contribution in [0.5, 0.6) is 0 Å². The number of nitrogens with two attached hydrogens (primary N) is 1. The number of nitrogens with one attached hydrogen (secondary N) is 2. The first-order chi connectivity index (χ1) is 9.19. The molecular weight excluding hydrogens is 261 g/mol. The number of carbonyl (C=O) groups is 2. The minimum absolute atomic E-state index is 0.00824. The van der Waals surface area contributed by atoms with Crippen LogP contribution in [0.2, 0.25) is 0 Å². The molecule has 2 amide bonds. The smallest absolute Gasteiger partial charge is 0.251 e. The van der Waals surface area contributed by atoms with E-state index in [0.717, 1.165) is 6.07 Å². The van der Waals surface area contributed by atoms with E-state index >= 15 is 0 Å². The van der Waals surface area contributed by atoms with Crippen LogP contribution in [0.15, 0.2) is 18.2 Å². The average Bonchev–Trinajstić information content (AvgIpc) is 2.30. The first-order valence-electron chi connectivity index (χ1n) is 6.33. The van der Waals surface area contributed by atoms with Crippen LogP contribution in [0.25, 0.3) is 0 Å². The number of hydrogen-bond acceptors (Lipinski definition) is 3. The summed E-state index contributed by atoms with van der Waals surface area (Å²) in [6.07, 6.45) is 0.167. The Morgan fingerprint density at radius 3 is 2.50 bits per heavy atom. The van der Waals surface area contributed by atoms with E-state index < -0.39 is 11.7 Å². The Kier molecular flexibility index (Phi) is 5.07. The molecule has 0 saturated carbocycles. The fourth-order valence-electron chi connectivity index (χ4n) is 1.54. The summed E-state index contributed by atoms with van der Waals surface area (Å²) in [5.41, 5.74) is 5.19. The van der Waals surface area contributed by atoms with Crippen molar-refractivity contribution < 1.29 is 14.0 Å². The summed E-state index contributed by atoms with van der Waals surface area (Å²) in [4.78, 5) is 23.3. The van der Waals surface area contributed by atoms with Crippen molar-refractivity contribution in [1.82, 2.24) is 10.6 Å². The molecule has 0 aliphatic rings. The zero-order valence-corrected chi connectivity index (χ0v) is 11.9. The second-order valence-corrected chi connectivity index (χ2v) is 5.54. The van der Waals surface area contributed by atoms with Crippen LogP contribution >= 0.6 is 0 Å². The highest BCUT2D eigenvalue weighted by Gasteiger charge is 2.14. The molecule has 0 saturated heterocycles. The Bertz CT molecular complexity index is 510. The monoisotopic (exact) mass is 281 g/mol. The van der Waals surface area contributed by atoms with Crippen LogP contribution in [-0.4, -0.2) is 23.9 Å². The lowest BCUT2D eigenvalue weighted by Crippen LogP contribution is -2.42. The molecule has 0 aliphatic heterocycles. The van der Waals surface area contributed by atoms with Crippen LogP contribution in [0, 0.1) is 5.82 Å². The lowest BCUT2D eigenvalue weighted by atomic mass is 10.1. The standard InChI is InChI=1S/C14H20FN3O2/c1-14(2,3)18-12(19)6-7-17-13(20)9-4-5-11(16)10(15)8-9/h4-5,8H,6-7,16H2,1-3H3,(H,17,20)(H,18,19). The van der Waals surface area contributed by atoms with Crippen molar-refractivity contribution in [1.29, 1.82) is 0 Å². The van der Waals surface area contributed by atoms with Gasteiger partial charge in [-0.25, -0.2) is 4.39 Å². The molecule has 0 radical (unpaired) electrons. The van der Waals surface area contributed by atoms with Crippen molar-refractivity contribution in [3.05, 3.63) is 29.6 Å². The first-order valence-corrected chi connectivity index (χ1v) is 6.33. The van der Waals surface area contributed by atoms with Crippen molar-refractivity contribution in [2.24, 2.45) is 0 Å². The summed E-state index contributed by atoms with van der Waals surface area (Å²) in [7, 11) is 0. The highest BCUT2D eigenvalue weighted by atomic mass is 19.1. The number of benzene rings is 1. The van der Waals surface area contributed by atoms with Gasteiger partial charge in [0.25, 0.3) is 5.91 Å². The Labute approximate surface area is 117 Å². The van der Waals surface area contributed by atoms with E-state index in [0.29, 0.717) is 0 Å². The summed E-state index contributed by atoms with van der Waals surface area (Å²) in [6.45, 7) is 5.81. The van der Waals surface area contributed by atoms with Gasteiger partial charge in [0.15, 0.2) is 0 Å². The summed E-state index contributed by atoms with van der Waals surface area (Å²) in [5, 5.41) is 5.34. The van der Waals surface area contributed by atoms with Crippen LogP contribution in [-0.2, 0) is 4.79 Å². The molecule has 0 unspecified atom stereocenters. The molecule has 4 N–H and O–H groups in total. The molecular formula is C14H20FN3O2. The molecule has 1 rings (SSSR count). The zero-order chi connectivity index (χ0) is 15.3. The zero-order valence-electron chi connectivity index (χ0n) is 11.9. The Balaban J connectivity index is 2.44. The highest BCUT2D eigenvalue weighted by Crippen LogP contribution is 2.11. The van der Waals surface area contributed by atoms with Crippen LogP contribution in [0.4, 0.5) is 10.1 Å². The van der Waals surface area contributed by atoms with Crippen LogP contribution < -0.4 is 16.4 Å². The van der Waals surface area contributed by atoms with Crippen molar-refractivity contribution in [2.45, 2.75) is 32.7 Å². The van der Waals surface area contributed by atoms with E-state index in [4.69, 9.17) is 5.73 Å². The number of anilines is 1. The molecule has 20 heavy (non-hydrogen) atoms. The van der Waals surface area contributed by atoms with Gasteiger partial charge in [0.1, 0.15) is 5.82 Å². The van der Waals surface area contributed by atoms with Crippen molar-refractivity contribution in [3.63, 3.8) is 0 Å². The van der Waals surface area contributed by atoms with Gasteiger partial charge in [0.2, 0.25) is 5.91 Å². The molecule has 0 fully saturated rings. The number of rotatable bonds is 4. The van der Waals surface area contributed by atoms with E-state index in [1.54, 1.807) is 0 Å². The number of hydrogen-bond donors (Lipinski definition) is 3. The van der Waals surface area contributed by atoms with Crippen LogP contribution in [0.3, 0.4) is 0 Å². The largest absolute Gasteiger partial charge is 0.396 e. The molecule has 1 aromatic carbocycles. The van der Waals surface area contributed by atoms with E-state index in [1.807, 2.05) is 20.8 Å². The quantitative estimate of drug-likeness (QED) is 0.730. The molecule has 5 nitrogen and oxygen atoms in total. The summed E-state index contributed by atoms with van der Waals surface area (Å²) < 4.78 is 13.2. The molecule has 0 heterocycles. The van der Waals surface area contributed by atoms with Gasteiger partial charge in [0, 0.05) is 24.1 Å². The minimum Gasteiger partial charge on any atom is -0.396 e. The number of carbonyl (C=O) groups excluding carboxylic acids is 2. The van der Waals surface area contributed by atoms with E-state index in [2.05, 4.69) is 10.6 Å². The van der Waals surface area contributed by atoms with Gasteiger partial charge < -0.3 is 16.4 Å². The molecule has 1 aromatic rings. The molecule has 6 heteroatoms. The second-order valence-electron chi connectivity index (χ2n) is 5.54. The number of nitrogen functional groups attached to an aromatic ring is 1. The molecule has 0 bridgehead atoms. The number of amides is 2. The van der Waals surface area contributed by atoms with Gasteiger partial charge in [-0.2, -0.15) is 0 Å². The lowest BCUT2D eigenvalue weighted by Gasteiger charge is -2.20. The molecule has 0 spiro atoms. The Hall–Kier alpha value is -2.11. The fraction of sp³-hybridized carbons (Fsp3) is 0.429. The minimum atomic E-state index is -0.636. The van der Waals surface area contributed by atoms with Crippen molar-refractivity contribution in [2.75, 3.05) is 12.3 Å². The van der Waals surface area contributed by atoms with Crippen molar-refractivity contribution in [3.8, 4) is 0 Å². The third-order valence-corrected chi connectivity index (χ3v) is 2.41. The SMILES string of the molecule is CC(C)(C)NC(=O)CCNC(=O)c1ccc(N)c(F)c1. The van der Waals surface area contributed by atoms with E-state index in [1.165, 1.54) is 12.1 Å². The molecule has 110 valence electrons. The topological polar surface area (TPSA) is 84.2 Å². The van der Waals surface area contributed by atoms with Crippen LogP contribution in [0.1, 0.15) is 37.6 Å². The maximum atomic E-state index is 13.2. The third kappa shape index (κ3) is 5.26. The number of halogens is 1. The van der Waals surface area contributed by atoms with Gasteiger partial charge in [-0.05, 0) is 39.0 Å². The molecule has 0 aromatic heterocycles. The predicted octanol–water partition coefficient (Wildman–Crippen LogP) is 1.44. The summed E-state index contributed by atoms with van der Waals surface area (Å²) in [5.74, 6) is -1.23. The summed E-state index contributed by atoms with van der Waals surface area (Å²) in [6, 6.07) is 3.83. The van der Waals surface area contributed by atoms with Gasteiger partial charge in [-0.1, -0.05) is 0 Å². The maximum absolute atomic E-state index is 13.2. The summed E-state index contributed by atoms with van der Waals surface area (Å²) >= 11 is 0. The van der Waals surface area contributed by atoms with Gasteiger partial charge in [-0.3, -0.25) is 9.59 Å². The fourth-order valence-corrected chi connectivity index (χ4v) is 1.54. The highest BCUT2D eigenvalue weighted by molar-refractivity contribution is 5.94. The molecule has 0 aliphatic carbocycles. The Morgan fingerprint density at radius 1 is 1.30 bits per heavy atom. The van der Waals surface area contributed by atoms with Crippen molar-refractivity contribution >= 4 is 17.5 Å². The molecule has 0 atom stereocenters. The van der Waals surface area contributed by atoms with Gasteiger partial charge >= 0.3 is 0 Å². The predicted molar refractivity (Wildman–Crippen MR) is 75.7 cm³/mol. The second kappa shape index (κ2) is 6.36. The van der Waals surface area contributed by atoms with Gasteiger partial charge in [0.05, 0.1) is 5.69 Å². The Morgan fingerprint density at radius 2 is 1.95 bits per heavy atom. The first kappa shape index (κ1) is 15.9.